The topological polar surface area (TPSA) is 48.4 Å². The van der Waals surface area contributed by atoms with Crippen LogP contribution in [-0.2, 0) is 17.3 Å². The third-order valence-corrected chi connectivity index (χ3v) is 2.97. The Kier molecular flexibility index (Phi) is 4.70. The average Bonchev–Trinajstić information content (AvgIpc) is 2.51. The van der Waals surface area contributed by atoms with E-state index in [1.54, 1.807) is 0 Å². The summed E-state index contributed by atoms with van der Waals surface area (Å²) in [7, 11) is 1.11. The highest BCUT2D eigenvalue weighted by Gasteiger charge is 2.35. The van der Waals surface area contributed by atoms with Crippen molar-refractivity contribution in [2.75, 3.05) is 7.11 Å². The van der Waals surface area contributed by atoms with Gasteiger partial charge < -0.3 is 9.47 Å². The van der Waals surface area contributed by atoms with Crippen molar-refractivity contribution in [2.24, 2.45) is 0 Å². The second-order valence-electron chi connectivity index (χ2n) is 4.69. The van der Waals surface area contributed by atoms with Crippen molar-refractivity contribution in [3.8, 4) is 5.75 Å². The number of pyridine rings is 1. The van der Waals surface area contributed by atoms with Crippen LogP contribution in [0.15, 0.2) is 42.6 Å². The van der Waals surface area contributed by atoms with Crippen LogP contribution in [0.25, 0.3) is 0 Å². The van der Waals surface area contributed by atoms with Crippen LogP contribution in [0.5, 0.6) is 5.75 Å². The van der Waals surface area contributed by atoms with Crippen molar-refractivity contribution < 1.29 is 23.0 Å². The van der Waals surface area contributed by atoms with Crippen molar-refractivity contribution in [1.29, 1.82) is 0 Å². The zero-order valence-corrected chi connectivity index (χ0v) is 12.2. The molecular weight excluding hydrogens is 292 g/mol. The second-order valence-corrected chi connectivity index (χ2v) is 4.69. The Balaban J connectivity index is 2.36. The molecule has 4 nitrogen and oxygen atoms in total. The molecule has 0 fully saturated rings. The van der Waals surface area contributed by atoms with Gasteiger partial charge in [-0.05, 0) is 11.6 Å². The van der Waals surface area contributed by atoms with E-state index in [4.69, 9.17) is 4.74 Å². The lowest BCUT2D eigenvalue weighted by molar-refractivity contribution is 0.0110. The number of aromatic nitrogens is 1. The molecule has 0 amide bonds. The van der Waals surface area contributed by atoms with Gasteiger partial charge in [0.25, 0.3) is 5.92 Å². The number of hydrogen-bond donors (Lipinski definition) is 0. The molecule has 0 aliphatic carbocycles. The van der Waals surface area contributed by atoms with Gasteiger partial charge >= 0.3 is 5.97 Å². The third-order valence-electron chi connectivity index (χ3n) is 2.97. The van der Waals surface area contributed by atoms with Crippen molar-refractivity contribution in [3.63, 3.8) is 0 Å². The molecule has 0 radical (unpaired) electrons. The number of esters is 1. The van der Waals surface area contributed by atoms with Gasteiger partial charge in [-0.2, -0.15) is 0 Å². The summed E-state index contributed by atoms with van der Waals surface area (Å²) in [6.07, 6.45) is 1.24. The van der Waals surface area contributed by atoms with Crippen molar-refractivity contribution in [1.82, 2.24) is 4.98 Å². The van der Waals surface area contributed by atoms with Crippen LogP contribution in [0, 0.1) is 0 Å². The third kappa shape index (κ3) is 3.58. The van der Waals surface area contributed by atoms with E-state index in [1.165, 1.54) is 12.3 Å². The number of methoxy groups -OCH3 is 1. The largest absolute Gasteiger partial charge is 0.488 e. The molecule has 2 rings (SSSR count). The molecular formula is C16H15F2NO3. The molecule has 116 valence electrons. The monoisotopic (exact) mass is 307 g/mol. The van der Waals surface area contributed by atoms with Gasteiger partial charge in [-0.15, -0.1) is 0 Å². The molecule has 1 heterocycles. The maximum absolute atomic E-state index is 13.9. The molecule has 0 aliphatic heterocycles. The van der Waals surface area contributed by atoms with Crippen molar-refractivity contribution in [3.05, 3.63) is 59.4 Å². The number of halogens is 2. The van der Waals surface area contributed by atoms with Gasteiger partial charge in [-0.1, -0.05) is 30.3 Å². The summed E-state index contributed by atoms with van der Waals surface area (Å²) < 4.78 is 37.7. The predicted octanol–water partition coefficient (Wildman–Crippen LogP) is 3.56. The van der Waals surface area contributed by atoms with Gasteiger partial charge in [0.15, 0.2) is 5.69 Å². The van der Waals surface area contributed by atoms with E-state index in [0.29, 0.717) is 6.92 Å². The molecule has 0 bridgehead atoms. The van der Waals surface area contributed by atoms with Crippen LogP contribution in [0.1, 0.15) is 28.5 Å². The molecule has 6 heteroatoms. The van der Waals surface area contributed by atoms with E-state index in [1.807, 2.05) is 30.3 Å². The minimum atomic E-state index is -3.29. The summed E-state index contributed by atoms with van der Waals surface area (Å²) in [5.41, 5.74) is -0.192. The highest BCUT2D eigenvalue weighted by molar-refractivity contribution is 5.89. The molecule has 0 atom stereocenters. The Morgan fingerprint density at radius 3 is 2.50 bits per heavy atom. The van der Waals surface area contributed by atoms with E-state index in [2.05, 4.69) is 9.72 Å². The minimum absolute atomic E-state index is 0.0910. The first-order chi connectivity index (χ1) is 10.4. The zero-order valence-electron chi connectivity index (χ0n) is 12.2. The molecule has 0 N–H and O–H groups in total. The number of hydrogen-bond acceptors (Lipinski definition) is 4. The molecule has 0 spiro atoms. The van der Waals surface area contributed by atoms with Gasteiger partial charge in [0.05, 0.1) is 12.7 Å². The van der Waals surface area contributed by atoms with Crippen LogP contribution in [0.4, 0.5) is 8.78 Å². The van der Waals surface area contributed by atoms with E-state index in [-0.39, 0.29) is 12.4 Å². The molecule has 1 aromatic heterocycles. The summed E-state index contributed by atoms with van der Waals surface area (Å²) in [6.45, 7) is 0.792. The lowest BCUT2D eigenvalue weighted by atomic mass is 10.1. The average molecular weight is 307 g/mol. The van der Waals surface area contributed by atoms with E-state index in [0.717, 1.165) is 12.7 Å². The van der Waals surface area contributed by atoms with E-state index < -0.39 is 23.1 Å². The Morgan fingerprint density at radius 2 is 1.91 bits per heavy atom. The van der Waals surface area contributed by atoms with Gasteiger partial charge in [0.1, 0.15) is 12.4 Å². The van der Waals surface area contributed by atoms with Gasteiger partial charge in [-0.25, -0.2) is 18.6 Å². The molecule has 2 aromatic rings. The van der Waals surface area contributed by atoms with Crippen molar-refractivity contribution >= 4 is 5.97 Å². The Morgan fingerprint density at radius 1 is 1.23 bits per heavy atom. The lowest BCUT2D eigenvalue weighted by Crippen LogP contribution is -2.18. The molecule has 0 unspecified atom stereocenters. The number of nitrogens with zero attached hydrogens (tertiary/aromatic N) is 1. The fraction of sp³-hybridized carbons (Fsp3) is 0.250. The van der Waals surface area contributed by atoms with Crippen molar-refractivity contribution in [2.45, 2.75) is 19.5 Å². The molecule has 1 aromatic carbocycles. The first-order valence-corrected chi connectivity index (χ1v) is 6.56. The maximum atomic E-state index is 13.9. The Labute approximate surface area is 126 Å². The Bertz CT molecular complexity index is 654. The summed E-state index contributed by atoms with van der Waals surface area (Å²) in [6, 6.07) is 10.4. The fourth-order valence-electron chi connectivity index (χ4n) is 1.98. The molecule has 22 heavy (non-hydrogen) atoms. The number of carbonyl (C=O) groups is 1. The summed E-state index contributed by atoms with van der Waals surface area (Å²) in [5.74, 6) is -4.31. The molecule has 0 saturated heterocycles. The number of carbonyl (C=O) groups excluding carboxylic acids is 1. The SMILES string of the molecule is COC(=O)c1nccc(OCc2ccccc2)c1C(C)(F)F. The van der Waals surface area contributed by atoms with Crippen LogP contribution in [0.3, 0.4) is 0 Å². The highest BCUT2D eigenvalue weighted by Crippen LogP contribution is 2.36. The fourth-order valence-corrected chi connectivity index (χ4v) is 1.98. The molecule has 0 aliphatic rings. The smallest absolute Gasteiger partial charge is 0.357 e. The number of benzene rings is 1. The van der Waals surface area contributed by atoms with Crippen LogP contribution in [-0.4, -0.2) is 18.1 Å². The summed E-state index contributed by atoms with van der Waals surface area (Å²) in [5, 5.41) is 0. The first kappa shape index (κ1) is 15.9. The molecule has 0 saturated carbocycles. The summed E-state index contributed by atoms with van der Waals surface area (Å²) in [4.78, 5) is 15.3. The maximum Gasteiger partial charge on any atom is 0.357 e. The number of alkyl halides is 2. The van der Waals surface area contributed by atoms with Crippen LogP contribution >= 0.6 is 0 Å². The van der Waals surface area contributed by atoms with E-state index >= 15 is 0 Å². The number of rotatable bonds is 5. The standard InChI is InChI=1S/C16H15F2NO3/c1-16(17,18)13-12(8-9-19-14(13)15(20)21-2)22-10-11-6-4-3-5-7-11/h3-9H,10H2,1-2H3. The van der Waals surface area contributed by atoms with Crippen LogP contribution < -0.4 is 4.74 Å². The Hall–Kier alpha value is -2.50. The predicted molar refractivity (Wildman–Crippen MR) is 75.9 cm³/mol. The van der Waals surface area contributed by atoms with Crippen LogP contribution in [0.2, 0.25) is 0 Å². The highest BCUT2D eigenvalue weighted by atomic mass is 19.3. The second kappa shape index (κ2) is 6.51. The van der Waals surface area contributed by atoms with Gasteiger partial charge in [0.2, 0.25) is 0 Å². The summed E-state index contributed by atoms with van der Waals surface area (Å²) >= 11 is 0. The zero-order chi connectivity index (χ0) is 16.2. The minimum Gasteiger partial charge on any atom is -0.488 e. The lowest BCUT2D eigenvalue weighted by Gasteiger charge is -2.18. The first-order valence-electron chi connectivity index (χ1n) is 6.56. The quantitative estimate of drug-likeness (QED) is 0.793. The van der Waals surface area contributed by atoms with Gasteiger partial charge in [0, 0.05) is 13.1 Å². The normalized spacial score (nSPS) is 11.1. The van der Waals surface area contributed by atoms with E-state index in [9.17, 15) is 13.6 Å². The number of ether oxygens (including phenoxy) is 2. The van der Waals surface area contributed by atoms with Gasteiger partial charge in [-0.3, -0.25) is 0 Å².